The summed E-state index contributed by atoms with van der Waals surface area (Å²) in [5.41, 5.74) is 0.970. The second-order valence-electron chi connectivity index (χ2n) is 7.76. The van der Waals surface area contributed by atoms with Crippen molar-refractivity contribution in [3.63, 3.8) is 0 Å². The number of morpholine rings is 1. The predicted octanol–water partition coefficient (Wildman–Crippen LogP) is 3.18. The molecule has 3 aromatic rings. The zero-order valence-electron chi connectivity index (χ0n) is 17.8. The highest BCUT2D eigenvalue weighted by atomic mass is 19.1. The molecule has 0 N–H and O–H groups in total. The van der Waals surface area contributed by atoms with E-state index in [9.17, 15) is 13.6 Å². The van der Waals surface area contributed by atoms with Crippen LogP contribution in [0.15, 0.2) is 60.9 Å². The molecule has 8 heteroatoms. The Labute approximate surface area is 186 Å². The third-order valence-corrected chi connectivity index (χ3v) is 5.58. The molecule has 1 amide bonds. The SMILES string of the molecule is O=C(c1ccccc1F)N(CCN1CCOCC1)Cc1nccn1Cc1ccc(F)cc1. The van der Waals surface area contributed by atoms with E-state index in [0.717, 1.165) is 18.7 Å². The van der Waals surface area contributed by atoms with Crippen molar-refractivity contribution >= 4 is 5.91 Å². The molecule has 0 saturated carbocycles. The molecule has 0 bridgehead atoms. The lowest BCUT2D eigenvalue weighted by molar-refractivity contribution is 0.0318. The van der Waals surface area contributed by atoms with Crippen LogP contribution in [0, 0.1) is 11.6 Å². The number of benzene rings is 2. The molecule has 0 atom stereocenters. The first-order valence-corrected chi connectivity index (χ1v) is 10.7. The van der Waals surface area contributed by atoms with Gasteiger partial charge in [-0.1, -0.05) is 24.3 Å². The Bertz CT molecular complexity index is 1030. The van der Waals surface area contributed by atoms with Gasteiger partial charge in [0.05, 0.1) is 25.3 Å². The van der Waals surface area contributed by atoms with Crippen molar-refractivity contribution in [2.45, 2.75) is 13.1 Å². The summed E-state index contributed by atoms with van der Waals surface area (Å²) in [6.45, 7) is 4.81. The molecule has 1 aliphatic rings. The van der Waals surface area contributed by atoms with Crippen molar-refractivity contribution in [2.75, 3.05) is 39.4 Å². The fraction of sp³-hybridized carbons (Fsp3) is 0.333. The van der Waals surface area contributed by atoms with Gasteiger partial charge in [-0.15, -0.1) is 0 Å². The van der Waals surface area contributed by atoms with E-state index in [1.165, 1.54) is 24.3 Å². The van der Waals surface area contributed by atoms with Gasteiger partial charge < -0.3 is 14.2 Å². The van der Waals surface area contributed by atoms with Crippen LogP contribution in [0.3, 0.4) is 0 Å². The van der Waals surface area contributed by atoms with Crippen LogP contribution < -0.4 is 0 Å². The van der Waals surface area contributed by atoms with E-state index in [2.05, 4.69) is 9.88 Å². The third kappa shape index (κ3) is 5.57. The van der Waals surface area contributed by atoms with Gasteiger partial charge in [0, 0.05) is 45.1 Å². The zero-order chi connectivity index (χ0) is 22.3. The first-order chi connectivity index (χ1) is 15.6. The minimum absolute atomic E-state index is 0.0473. The number of carbonyl (C=O) groups excluding carboxylic acids is 1. The Kier molecular flexibility index (Phi) is 7.24. The van der Waals surface area contributed by atoms with Crippen molar-refractivity contribution < 1.29 is 18.3 Å². The zero-order valence-corrected chi connectivity index (χ0v) is 17.8. The van der Waals surface area contributed by atoms with Gasteiger partial charge in [-0.2, -0.15) is 0 Å². The van der Waals surface area contributed by atoms with Crippen molar-refractivity contribution in [3.05, 3.63) is 89.5 Å². The molecule has 2 heterocycles. The van der Waals surface area contributed by atoms with Gasteiger partial charge in [-0.05, 0) is 29.8 Å². The molecule has 1 aliphatic heterocycles. The number of carbonyl (C=O) groups is 1. The number of aromatic nitrogens is 2. The average molecular weight is 440 g/mol. The lowest BCUT2D eigenvalue weighted by Crippen LogP contribution is -2.43. The maximum absolute atomic E-state index is 14.3. The Morgan fingerprint density at radius 2 is 1.81 bits per heavy atom. The summed E-state index contributed by atoms with van der Waals surface area (Å²) in [7, 11) is 0. The maximum Gasteiger partial charge on any atom is 0.257 e. The van der Waals surface area contributed by atoms with Gasteiger partial charge in [-0.3, -0.25) is 9.69 Å². The molecular weight excluding hydrogens is 414 g/mol. The van der Waals surface area contributed by atoms with Gasteiger partial charge in [0.25, 0.3) is 5.91 Å². The van der Waals surface area contributed by atoms with Crippen LogP contribution in [-0.4, -0.2) is 64.7 Å². The summed E-state index contributed by atoms with van der Waals surface area (Å²) in [4.78, 5) is 21.5. The van der Waals surface area contributed by atoms with Crippen LogP contribution in [0.5, 0.6) is 0 Å². The lowest BCUT2D eigenvalue weighted by Gasteiger charge is -2.30. The molecule has 6 nitrogen and oxygen atoms in total. The topological polar surface area (TPSA) is 50.6 Å². The number of imidazole rings is 1. The molecule has 2 aromatic carbocycles. The molecule has 4 rings (SSSR count). The second kappa shape index (κ2) is 10.5. The average Bonchev–Trinajstić information content (AvgIpc) is 3.25. The van der Waals surface area contributed by atoms with E-state index in [-0.39, 0.29) is 23.8 Å². The second-order valence-corrected chi connectivity index (χ2v) is 7.76. The molecule has 168 valence electrons. The Morgan fingerprint density at radius 1 is 1.06 bits per heavy atom. The normalized spacial score (nSPS) is 14.4. The summed E-state index contributed by atoms with van der Waals surface area (Å²) < 4.78 is 34.9. The maximum atomic E-state index is 14.3. The molecule has 1 saturated heterocycles. The fourth-order valence-corrected chi connectivity index (χ4v) is 3.74. The van der Waals surface area contributed by atoms with Crippen molar-refractivity contribution in [1.82, 2.24) is 19.4 Å². The van der Waals surface area contributed by atoms with E-state index >= 15 is 0 Å². The third-order valence-electron chi connectivity index (χ3n) is 5.58. The highest BCUT2D eigenvalue weighted by Crippen LogP contribution is 2.15. The van der Waals surface area contributed by atoms with Crippen LogP contribution >= 0.6 is 0 Å². The van der Waals surface area contributed by atoms with Crippen LogP contribution in [-0.2, 0) is 17.8 Å². The summed E-state index contributed by atoms with van der Waals surface area (Å²) >= 11 is 0. The predicted molar refractivity (Wildman–Crippen MR) is 116 cm³/mol. The van der Waals surface area contributed by atoms with Crippen LogP contribution in [0.2, 0.25) is 0 Å². The van der Waals surface area contributed by atoms with E-state index in [1.807, 2.05) is 10.8 Å². The van der Waals surface area contributed by atoms with Gasteiger partial charge in [-0.25, -0.2) is 13.8 Å². The number of amides is 1. The van der Waals surface area contributed by atoms with Gasteiger partial charge in [0.2, 0.25) is 0 Å². The molecule has 0 aliphatic carbocycles. The molecule has 0 unspecified atom stereocenters. The number of hydrogen-bond donors (Lipinski definition) is 0. The van der Waals surface area contributed by atoms with Crippen molar-refractivity contribution in [3.8, 4) is 0 Å². The first kappa shape index (κ1) is 22.1. The summed E-state index contributed by atoms with van der Waals surface area (Å²) in [6.07, 6.45) is 3.50. The van der Waals surface area contributed by atoms with E-state index in [0.29, 0.717) is 38.7 Å². The monoisotopic (exact) mass is 440 g/mol. The van der Waals surface area contributed by atoms with Crippen molar-refractivity contribution in [1.29, 1.82) is 0 Å². The Hall–Kier alpha value is -3.10. The largest absolute Gasteiger partial charge is 0.379 e. The standard InChI is InChI=1S/C24H26F2N4O2/c25-20-7-5-19(6-8-20)17-29-10-9-27-23(29)18-30(12-11-28-13-15-32-16-14-28)24(31)21-3-1-2-4-22(21)26/h1-10H,11-18H2. The Balaban J connectivity index is 1.52. The summed E-state index contributed by atoms with van der Waals surface area (Å²) in [5.74, 6) is -0.512. The van der Waals surface area contributed by atoms with E-state index < -0.39 is 5.82 Å². The molecule has 0 radical (unpaired) electrons. The lowest BCUT2D eigenvalue weighted by atomic mass is 10.2. The number of halogens is 2. The highest BCUT2D eigenvalue weighted by Gasteiger charge is 2.22. The van der Waals surface area contributed by atoms with Gasteiger partial charge in [0.15, 0.2) is 0 Å². The van der Waals surface area contributed by atoms with Crippen LogP contribution in [0.4, 0.5) is 8.78 Å². The Morgan fingerprint density at radius 3 is 2.56 bits per heavy atom. The minimum Gasteiger partial charge on any atom is -0.379 e. The summed E-state index contributed by atoms with van der Waals surface area (Å²) in [5, 5.41) is 0. The van der Waals surface area contributed by atoms with Crippen molar-refractivity contribution in [2.24, 2.45) is 0 Å². The minimum atomic E-state index is -0.538. The number of nitrogens with zero attached hydrogens (tertiary/aromatic N) is 4. The number of hydrogen-bond acceptors (Lipinski definition) is 4. The van der Waals surface area contributed by atoms with E-state index in [4.69, 9.17) is 4.74 Å². The quantitative estimate of drug-likeness (QED) is 0.540. The molecule has 1 aromatic heterocycles. The first-order valence-electron chi connectivity index (χ1n) is 10.7. The molecule has 32 heavy (non-hydrogen) atoms. The number of ether oxygens (including phenoxy) is 1. The highest BCUT2D eigenvalue weighted by molar-refractivity contribution is 5.94. The summed E-state index contributed by atoms with van der Waals surface area (Å²) in [6, 6.07) is 12.3. The molecular formula is C24H26F2N4O2. The van der Waals surface area contributed by atoms with E-state index in [1.54, 1.807) is 35.4 Å². The molecule has 0 spiro atoms. The van der Waals surface area contributed by atoms with Crippen LogP contribution in [0.25, 0.3) is 0 Å². The van der Waals surface area contributed by atoms with Gasteiger partial charge in [0.1, 0.15) is 17.5 Å². The smallest absolute Gasteiger partial charge is 0.257 e. The van der Waals surface area contributed by atoms with Crippen LogP contribution in [0.1, 0.15) is 21.7 Å². The fourth-order valence-electron chi connectivity index (χ4n) is 3.74. The van der Waals surface area contributed by atoms with Gasteiger partial charge >= 0.3 is 0 Å². The number of rotatable bonds is 8. The molecule has 1 fully saturated rings.